The van der Waals surface area contributed by atoms with Crippen molar-refractivity contribution < 1.29 is 8.42 Å². The van der Waals surface area contributed by atoms with E-state index in [1.54, 1.807) is 12.1 Å². The highest BCUT2D eigenvalue weighted by Crippen LogP contribution is 2.32. The Morgan fingerprint density at radius 1 is 1.10 bits per heavy atom. The van der Waals surface area contributed by atoms with Crippen molar-refractivity contribution in [3.05, 3.63) is 48.0 Å². The van der Waals surface area contributed by atoms with Crippen molar-refractivity contribution in [2.75, 3.05) is 24.7 Å². The van der Waals surface area contributed by atoms with Gasteiger partial charge in [-0.1, -0.05) is 18.2 Å². The molecule has 0 saturated carbocycles. The van der Waals surface area contributed by atoms with Gasteiger partial charge in [0.15, 0.2) is 0 Å². The second-order valence-electron chi connectivity index (χ2n) is 4.77. The van der Waals surface area contributed by atoms with E-state index in [2.05, 4.69) is 4.72 Å². The lowest BCUT2D eigenvalue weighted by atomic mass is 10.1. The molecule has 2 aromatic carbocycles. The molecule has 0 radical (unpaired) electrons. The van der Waals surface area contributed by atoms with Crippen LogP contribution in [0.4, 0.5) is 17.1 Å². The van der Waals surface area contributed by atoms with Gasteiger partial charge in [-0.2, -0.15) is 0 Å². The van der Waals surface area contributed by atoms with Crippen LogP contribution in [0.25, 0.3) is 0 Å². The van der Waals surface area contributed by atoms with Gasteiger partial charge in [-0.15, -0.1) is 0 Å². The molecular formula is C15H19N3O2S. The predicted molar refractivity (Wildman–Crippen MR) is 86.3 cm³/mol. The number of rotatable bonds is 4. The van der Waals surface area contributed by atoms with Crippen LogP contribution in [0, 0.1) is 6.92 Å². The standard InChI is InChI=1S/C15H19N3O2S/c1-11-6-4-5-7-14(11)18(3)15-9-8-12(10-13(15)16)21(19,20)17-2/h4-10,17H,16H2,1-3H3. The molecule has 0 aliphatic carbocycles. The second-order valence-corrected chi connectivity index (χ2v) is 6.66. The Morgan fingerprint density at radius 3 is 2.33 bits per heavy atom. The number of nitrogens with zero attached hydrogens (tertiary/aromatic N) is 1. The summed E-state index contributed by atoms with van der Waals surface area (Å²) in [5, 5.41) is 0. The molecular weight excluding hydrogens is 286 g/mol. The molecule has 0 fully saturated rings. The van der Waals surface area contributed by atoms with Crippen LogP contribution in [0.15, 0.2) is 47.4 Å². The maximum atomic E-state index is 11.8. The van der Waals surface area contributed by atoms with Gasteiger partial charge >= 0.3 is 0 Å². The van der Waals surface area contributed by atoms with Crippen LogP contribution >= 0.6 is 0 Å². The predicted octanol–water partition coefficient (Wildman–Crippen LogP) is 2.25. The summed E-state index contributed by atoms with van der Waals surface area (Å²) in [4.78, 5) is 2.10. The van der Waals surface area contributed by atoms with Crippen molar-refractivity contribution in [1.82, 2.24) is 4.72 Å². The Hall–Kier alpha value is -2.05. The van der Waals surface area contributed by atoms with Crippen molar-refractivity contribution in [1.29, 1.82) is 0 Å². The highest BCUT2D eigenvalue weighted by Gasteiger charge is 2.15. The van der Waals surface area contributed by atoms with E-state index in [-0.39, 0.29) is 4.90 Å². The molecule has 0 aromatic heterocycles. The summed E-state index contributed by atoms with van der Waals surface area (Å²) >= 11 is 0. The number of hydrogen-bond donors (Lipinski definition) is 2. The van der Waals surface area contributed by atoms with Gasteiger partial charge in [-0.25, -0.2) is 13.1 Å². The number of sulfonamides is 1. The fraction of sp³-hybridized carbons (Fsp3) is 0.200. The zero-order valence-corrected chi connectivity index (χ0v) is 13.1. The number of benzene rings is 2. The van der Waals surface area contributed by atoms with E-state index in [0.717, 1.165) is 16.9 Å². The number of nitrogens with two attached hydrogens (primary N) is 1. The fourth-order valence-corrected chi connectivity index (χ4v) is 2.96. The van der Waals surface area contributed by atoms with E-state index in [1.165, 1.54) is 13.1 Å². The highest BCUT2D eigenvalue weighted by molar-refractivity contribution is 7.89. The summed E-state index contributed by atoms with van der Waals surface area (Å²) in [5.74, 6) is 0. The van der Waals surface area contributed by atoms with Crippen LogP contribution in [0.3, 0.4) is 0 Å². The Morgan fingerprint density at radius 2 is 1.76 bits per heavy atom. The summed E-state index contributed by atoms with van der Waals surface area (Å²) in [5.41, 5.74) is 9.34. The van der Waals surface area contributed by atoms with Crippen LogP contribution in [0.2, 0.25) is 0 Å². The van der Waals surface area contributed by atoms with Gasteiger partial charge in [0.2, 0.25) is 10.0 Å². The van der Waals surface area contributed by atoms with Gasteiger partial charge in [0.05, 0.1) is 16.3 Å². The number of hydrogen-bond acceptors (Lipinski definition) is 4. The Bertz CT molecular complexity index is 757. The van der Waals surface area contributed by atoms with Gasteiger partial charge in [-0.3, -0.25) is 0 Å². The van der Waals surface area contributed by atoms with Crippen molar-refractivity contribution in [2.24, 2.45) is 0 Å². The third kappa shape index (κ3) is 3.01. The van der Waals surface area contributed by atoms with Crippen LogP contribution in [0.1, 0.15) is 5.56 Å². The topological polar surface area (TPSA) is 75.4 Å². The number of aryl methyl sites for hydroxylation is 1. The molecule has 3 N–H and O–H groups in total. The van der Waals surface area contributed by atoms with Crippen LogP contribution in [-0.2, 0) is 10.0 Å². The summed E-state index contributed by atoms with van der Waals surface area (Å²) in [7, 11) is -0.208. The largest absolute Gasteiger partial charge is 0.397 e. The van der Waals surface area contributed by atoms with E-state index in [4.69, 9.17) is 5.73 Å². The minimum Gasteiger partial charge on any atom is -0.397 e. The SMILES string of the molecule is CNS(=O)(=O)c1ccc(N(C)c2ccccc2C)c(N)c1. The summed E-state index contributed by atoms with van der Waals surface area (Å²) in [6.07, 6.45) is 0. The molecule has 6 heteroatoms. The molecule has 0 aliphatic rings. The Labute approximate surface area is 125 Å². The van der Waals surface area contributed by atoms with E-state index in [1.807, 2.05) is 43.1 Å². The lowest BCUT2D eigenvalue weighted by Gasteiger charge is -2.23. The van der Waals surface area contributed by atoms with Gasteiger partial charge < -0.3 is 10.6 Å². The molecule has 5 nitrogen and oxygen atoms in total. The Balaban J connectivity index is 2.45. The van der Waals surface area contributed by atoms with Gasteiger partial charge in [0, 0.05) is 12.7 Å². The maximum Gasteiger partial charge on any atom is 0.240 e. The normalized spacial score (nSPS) is 11.4. The van der Waals surface area contributed by atoms with Gasteiger partial charge in [-0.05, 0) is 43.8 Å². The average molecular weight is 305 g/mol. The number of nitrogens with one attached hydrogen (secondary N) is 1. The molecule has 2 rings (SSSR count). The molecule has 0 saturated heterocycles. The summed E-state index contributed by atoms with van der Waals surface area (Å²) in [6, 6.07) is 12.7. The van der Waals surface area contributed by atoms with Crippen molar-refractivity contribution in [2.45, 2.75) is 11.8 Å². The molecule has 0 heterocycles. The minimum absolute atomic E-state index is 0.157. The van der Waals surface area contributed by atoms with Gasteiger partial charge in [0.1, 0.15) is 0 Å². The first kappa shape index (κ1) is 15.3. The quantitative estimate of drug-likeness (QED) is 0.850. The Kier molecular flexibility index (Phi) is 4.20. The lowest BCUT2D eigenvalue weighted by molar-refractivity contribution is 0.588. The summed E-state index contributed by atoms with van der Waals surface area (Å²) < 4.78 is 25.8. The van der Waals surface area contributed by atoms with E-state index in [9.17, 15) is 8.42 Å². The molecule has 0 bridgehead atoms. The van der Waals surface area contributed by atoms with Gasteiger partial charge in [0.25, 0.3) is 0 Å². The van der Waals surface area contributed by atoms with Crippen LogP contribution in [-0.4, -0.2) is 22.5 Å². The van der Waals surface area contributed by atoms with E-state index < -0.39 is 10.0 Å². The first-order chi connectivity index (χ1) is 9.86. The lowest BCUT2D eigenvalue weighted by Crippen LogP contribution is -2.19. The number of anilines is 3. The van der Waals surface area contributed by atoms with E-state index >= 15 is 0 Å². The van der Waals surface area contributed by atoms with Crippen molar-refractivity contribution >= 4 is 27.1 Å². The second kappa shape index (κ2) is 5.75. The maximum absolute atomic E-state index is 11.8. The van der Waals surface area contributed by atoms with E-state index in [0.29, 0.717) is 5.69 Å². The average Bonchev–Trinajstić information content (AvgIpc) is 2.47. The summed E-state index contributed by atoms with van der Waals surface area (Å²) in [6.45, 7) is 2.02. The molecule has 0 amide bonds. The molecule has 0 unspecified atom stereocenters. The monoisotopic (exact) mass is 305 g/mol. The third-order valence-electron chi connectivity index (χ3n) is 3.42. The van der Waals surface area contributed by atoms with Crippen LogP contribution in [0.5, 0.6) is 0 Å². The van der Waals surface area contributed by atoms with Crippen molar-refractivity contribution in [3.63, 3.8) is 0 Å². The zero-order valence-electron chi connectivity index (χ0n) is 12.3. The molecule has 112 valence electrons. The first-order valence-corrected chi connectivity index (χ1v) is 7.97. The zero-order chi connectivity index (χ0) is 15.6. The first-order valence-electron chi connectivity index (χ1n) is 6.49. The molecule has 21 heavy (non-hydrogen) atoms. The molecule has 0 spiro atoms. The minimum atomic E-state index is -3.48. The molecule has 0 atom stereocenters. The van der Waals surface area contributed by atoms with Crippen LogP contribution < -0.4 is 15.4 Å². The number of para-hydroxylation sites is 1. The number of nitrogen functional groups attached to an aromatic ring is 1. The smallest absolute Gasteiger partial charge is 0.240 e. The molecule has 2 aromatic rings. The third-order valence-corrected chi connectivity index (χ3v) is 4.83. The van der Waals surface area contributed by atoms with Crippen molar-refractivity contribution in [3.8, 4) is 0 Å². The molecule has 0 aliphatic heterocycles. The fourth-order valence-electron chi connectivity index (χ4n) is 2.19. The highest BCUT2D eigenvalue weighted by atomic mass is 32.2.